The lowest BCUT2D eigenvalue weighted by atomic mass is 9.95. The number of hydrogen-bond donors (Lipinski definition) is 3. The number of halogens is 2. The number of aliphatic hydroxyl groups excluding tert-OH is 2. The summed E-state index contributed by atoms with van der Waals surface area (Å²) >= 11 is 11.8. The second-order valence-corrected chi connectivity index (χ2v) is 6.15. The van der Waals surface area contributed by atoms with Crippen LogP contribution in [0.4, 0.5) is 0 Å². The highest BCUT2D eigenvalue weighted by Crippen LogP contribution is 2.27. The van der Waals surface area contributed by atoms with Gasteiger partial charge in [-0.3, -0.25) is 0 Å². The Labute approximate surface area is 136 Å². The lowest BCUT2D eigenvalue weighted by molar-refractivity contribution is 0.0935. The fraction of sp³-hybridized carbons (Fsp3) is 0.600. The lowest BCUT2D eigenvalue weighted by Gasteiger charge is -2.30. The van der Waals surface area contributed by atoms with Gasteiger partial charge >= 0.3 is 0 Å². The molecular formula is C15H23Cl2NO3. The zero-order valence-corrected chi connectivity index (χ0v) is 13.9. The van der Waals surface area contributed by atoms with Crippen LogP contribution in [0.3, 0.4) is 0 Å². The molecule has 3 N–H and O–H groups in total. The van der Waals surface area contributed by atoms with Gasteiger partial charge in [0.1, 0.15) is 18.5 Å². The molecule has 0 fully saturated rings. The second kappa shape index (κ2) is 8.81. The van der Waals surface area contributed by atoms with E-state index in [0.29, 0.717) is 28.8 Å². The van der Waals surface area contributed by atoms with E-state index in [9.17, 15) is 5.11 Å². The van der Waals surface area contributed by atoms with Gasteiger partial charge in [-0.05, 0) is 38.0 Å². The molecule has 0 heterocycles. The Hall–Kier alpha value is -0.520. The van der Waals surface area contributed by atoms with Crippen molar-refractivity contribution in [3.05, 3.63) is 28.2 Å². The highest BCUT2D eigenvalue weighted by atomic mass is 35.5. The number of β-amino-alcohol motifs (C(OH)–C–C–N with tert-alkyl or cyclic N) is 1. The van der Waals surface area contributed by atoms with Gasteiger partial charge < -0.3 is 20.3 Å². The molecule has 2 unspecified atom stereocenters. The largest absolute Gasteiger partial charge is 0.489 e. The molecule has 0 spiro atoms. The number of benzene rings is 1. The Morgan fingerprint density at radius 3 is 2.67 bits per heavy atom. The van der Waals surface area contributed by atoms with Crippen molar-refractivity contribution in [3.63, 3.8) is 0 Å². The molecule has 0 aromatic heterocycles. The van der Waals surface area contributed by atoms with E-state index in [4.69, 9.17) is 33.0 Å². The van der Waals surface area contributed by atoms with Crippen LogP contribution in [0, 0.1) is 0 Å². The summed E-state index contributed by atoms with van der Waals surface area (Å²) in [5.41, 5.74) is -0.187. The summed E-state index contributed by atoms with van der Waals surface area (Å²) in [6.07, 6.45) is 0.839. The Morgan fingerprint density at radius 1 is 1.38 bits per heavy atom. The first-order chi connectivity index (χ1) is 9.90. The van der Waals surface area contributed by atoms with Crippen molar-refractivity contribution in [2.45, 2.75) is 38.3 Å². The molecule has 0 bridgehead atoms. The van der Waals surface area contributed by atoms with Crippen LogP contribution in [0.25, 0.3) is 0 Å². The average Bonchev–Trinajstić information content (AvgIpc) is 2.44. The van der Waals surface area contributed by atoms with Crippen LogP contribution < -0.4 is 10.1 Å². The Morgan fingerprint density at radius 2 is 2.10 bits per heavy atom. The monoisotopic (exact) mass is 335 g/mol. The molecule has 120 valence electrons. The van der Waals surface area contributed by atoms with Crippen LogP contribution in [-0.4, -0.2) is 41.6 Å². The van der Waals surface area contributed by atoms with Gasteiger partial charge in [-0.25, -0.2) is 0 Å². The van der Waals surface area contributed by atoms with Crippen LogP contribution in [0.15, 0.2) is 18.2 Å². The minimum atomic E-state index is -0.665. The van der Waals surface area contributed by atoms with Crippen LogP contribution in [0.2, 0.25) is 10.0 Å². The Balaban J connectivity index is 2.42. The minimum absolute atomic E-state index is 0.115. The zero-order valence-electron chi connectivity index (χ0n) is 12.4. The molecule has 6 heteroatoms. The van der Waals surface area contributed by atoms with Crippen LogP contribution in [0.1, 0.15) is 26.7 Å². The van der Waals surface area contributed by atoms with Crippen molar-refractivity contribution in [1.29, 1.82) is 0 Å². The lowest BCUT2D eigenvalue weighted by Crippen LogP contribution is -2.47. The van der Waals surface area contributed by atoms with E-state index in [2.05, 4.69) is 5.32 Å². The molecule has 2 atom stereocenters. The van der Waals surface area contributed by atoms with Crippen molar-refractivity contribution in [1.82, 2.24) is 5.32 Å². The summed E-state index contributed by atoms with van der Waals surface area (Å²) in [7, 11) is 0. The van der Waals surface area contributed by atoms with E-state index in [-0.39, 0.29) is 18.8 Å². The zero-order chi connectivity index (χ0) is 15.9. The fourth-order valence-corrected chi connectivity index (χ4v) is 2.30. The van der Waals surface area contributed by atoms with Crippen molar-refractivity contribution < 1.29 is 14.9 Å². The van der Waals surface area contributed by atoms with E-state index in [0.717, 1.165) is 6.42 Å². The maximum absolute atomic E-state index is 9.96. The van der Waals surface area contributed by atoms with Crippen molar-refractivity contribution in [2.24, 2.45) is 0 Å². The van der Waals surface area contributed by atoms with E-state index >= 15 is 0 Å². The molecule has 0 saturated heterocycles. The Bertz CT molecular complexity index is 445. The second-order valence-electron chi connectivity index (χ2n) is 5.31. The van der Waals surface area contributed by atoms with Gasteiger partial charge in [0, 0.05) is 23.7 Å². The molecule has 4 nitrogen and oxygen atoms in total. The summed E-state index contributed by atoms with van der Waals surface area (Å²) in [5.74, 6) is 0.494. The third-order valence-electron chi connectivity index (χ3n) is 3.53. The average molecular weight is 336 g/mol. The number of aliphatic hydroxyl groups is 2. The summed E-state index contributed by atoms with van der Waals surface area (Å²) in [4.78, 5) is 0. The van der Waals surface area contributed by atoms with E-state index in [1.165, 1.54) is 0 Å². The quantitative estimate of drug-likeness (QED) is 0.649. The van der Waals surface area contributed by atoms with E-state index in [1.54, 1.807) is 18.2 Å². The molecule has 0 aliphatic heterocycles. The summed E-state index contributed by atoms with van der Waals surface area (Å²) < 4.78 is 5.48. The van der Waals surface area contributed by atoms with E-state index in [1.807, 2.05) is 13.8 Å². The molecule has 0 radical (unpaired) electrons. The number of nitrogens with one attached hydrogen (secondary N) is 1. The summed E-state index contributed by atoms with van der Waals surface area (Å²) in [6.45, 7) is 4.69. The topological polar surface area (TPSA) is 61.7 Å². The first kappa shape index (κ1) is 18.5. The molecular weight excluding hydrogens is 313 g/mol. The van der Waals surface area contributed by atoms with E-state index < -0.39 is 6.10 Å². The first-order valence-electron chi connectivity index (χ1n) is 7.02. The normalized spacial score (nSPS) is 15.5. The molecule has 0 amide bonds. The highest BCUT2D eigenvalue weighted by molar-refractivity contribution is 6.35. The Kier molecular flexibility index (Phi) is 7.77. The first-order valence-corrected chi connectivity index (χ1v) is 7.77. The van der Waals surface area contributed by atoms with Crippen LogP contribution >= 0.6 is 23.2 Å². The van der Waals surface area contributed by atoms with Gasteiger partial charge in [-0.1, -0.05) is 30.1 Å². The van der Waals surface area contributed by atoms with Crippen LogP contribution in [0.5, 0.6) is 5.75 Å². The van der Waals surface area contributed by atoms with Crippen molar-refractivity contribution in [2.75, 3.05) is 19.8 Å². The van der Waals surface area contributed by atoms with Crippen molar-refractivity contribution in [3.8, 4) is 5.75 Å². The van der Waals surface area contributed by atoms with Gasteiger partial charge in [0.2, 0.25) is 0 Å². The predicted molar refractivity (Wildman–Crippen MR) is 86.4 cm³/mol. The predicted octanol–water partition coefficient (Wildman–Crippen LogP) is 2.87. The summed E-state index contributed by atoms with van der Waals surface area (Å²) in [6, 6.07) is 4.95. The highest BCUT2D eigenvalue weighted by Gasteiger charge is 2.21. The standard InChI is InChI=1S/C15H23Cl2NO3/c1-3-15(2,6-7-19)18-9-12(20)10-21-14-5-4-11(16)8-13(14)17/h4-5,8,12,18-20H,3,6-7,9-10H2,1-2H3. The SMILES string of the molecule is CCC(C)(CCO)NCC(O)COc1ccc(Cl)cc1Cl. The number of ether oxygens (including phenoxy) is 1. The van der Waals surface area contributed by atoms with Gasteiger partial charge in [-0.15, -0.1) is 0 Å². The molecule has 1 aromatic rings. The third kappa shape index (κ3) is 6.41. The van der Waals surface area contributed by atoms with Gasteiger partial charge in [-0.2, -0.15) is 0 Å². The summed E-state index contributed by atoms with van der Waals surface area (Å²) in [5, 5.41) is 23.2. The molecule has 21 heavy (non-hydrogen) atoms. The smallest absolute Gasteiger partial charge is 0.138 e. The van der Waals surface area contributed by atoms with Gasteiger partial charge in [0.15, 0.2) is 0 Å². The molecule has 1 aromatic carbocycles. The maximum Gasteiger partial charge on any atom is 0.138 e. The van der Waals surface area contributed by atoms with Gasteiger partial charge in [0.05, 0.1) is 5.02 Å². The molecule has 0 aliphatic rings. The third-order valence-corrected chi connectivity index (χ3v) is 4.06. The minimum Gasteiger partial charge on any atom is -0.489 e. The van der Waals surface area contributed by atoms with Crippen molar-refractivity contribution >= 4 is 23.2 Å². The molecule has 0 aliphatic carbocycles. The van der Waals surface area contributed by atoms with Crippen LogP contribution in [-0.2, 0) is 0 Å². The maximum atomic E-state index is 9.96. The molecule has 1 rings (SSSR count). The van der Waals surface area contributed by atoms with Gasteiger partial charge in [0.25, 0.3) is 0 Å². The number of rotatable bonds is 9. The fourth-order valence-electron chi connectivity index (χ4n) is 1.84. The molecule has 0 saturated carbocycles. The number of hydrogen-bond acceptors (Lipinski definition) is 4.